The fourth-order valence-corrected chi connectivity index (χ4v) is 5.26. The van der Waals surface area contributed by atoms with E-state index in [1.165, 1.54) is 5.56 Å². The molecule has 36 heavy (non-hydrogen) atoms. The number of halogens is 2. The van der Waals surface area contributed by atoms with Crippen LogP contribution in [-0.4, -0.2) is 46.0 Å². The summed E-state index contributed by atoms with van der Waals surface area (Å²) < 4.78 is 0. The van der Waals surface area contributed by atoms with Gasteiger partial charge in [0.15, 0.2) is 0 Å². The molecule has 1 aliphatic heterocycles. The SMILES string of the molecule is Cc1cc(Nc2ccc(N3CCN(Cc4ccccc4)CC3)c(Cl)c2)c2c(ccc3ncnc32)[nH]1.Cl. The van der Waals surface area contributed by atoms with Gasteiger partial charge in [0.05, 0.1) is 21.9 Å². The molecule has 6 rings (SSSR count). The lowest BCUT2D eigenvalue weighted by atomic mass is 10.1. The van der Waals surface area contributed by atoms with E-state index in [1.807, 2.05) is 12.1 Å². The summed E-state index contributed by atoms with van der Waals surface area (Å²) in [7, 11) is 0. The fourth-order valence-electron chi connectivity index (χ4n) is 4.96. The van der Waals surface area contributed by atoms with E-state index in [9.17, 15) is 0 Å². The third-order valence-electron chi connectivity index (χ3n) is 6.69. The van der Waals surface area contributed by atoms with Gasteiger partial charge in [-0.15, -0.1) is 12.4 Å². The average molecular weight is 519 g/mol. The standard InChI is InChI=1S/C28H27ClN6.ClH/c1-19-15-25(27-23(32-19)8-9-24-28(27)31-18-30-24)33-21-7-10-26(22(29)16-21)35-13-11-34(12-14-35)17-20-5-3-2-4-6-20;/h2-10,15-16,18,32-33H,11-14,17H2,1H3;1H. The molecule has 6 nitrogen and oxygen atoms in total. The number of nitrogens with zero attached hydrogens (tertiary/aromatic N) is 4. The number of hydrogen-bond donors (Lipinski definition) is 2. The van der Waals surface area contributed by atoms with Gasteiger partial charge in [0, 0.05) is 55.0 Å². The largest absolute Gasteiger partial charge is 0.368 e. The van der Waals surface area contributed by atoms with Gasteiger partial charge in [-0.2, -0.15) is 0 Å². The zero-order valence-corrected chi connectivity index (χ0v) is 21.6. The second kappa shape index (κ2) is 10.3. The number of imidazole rings is 1. The molecule has 0 unspecified atom stereocenters. The van der Waals surface area contributed by atoms with Crippen LogP contribution in [0.1, 0.15) is 11.3 Å². The summed E-state index contributed by atoms with van der Waals surface area (Å²) in [4.78, 5) is 17.2. The Bertz CT molecular complexity index is 1490. The molecule has 0 spiro atoms. The van der Waals surface area contributed by atoms with Crippen molar-refractivity contribution in [3.05, 3.63) is 89.3 Å². The number of aromatic amines is 1. The van der Waals surface area contributed by atoms with E-state index in [4.69, 9.17) is 11.6 Å². The first-order chi connectivity index (χ1) is 17.1. The first-order valence-electron chi connectivity index (χ1n) is 11.9. The Kier molecular flexibility index (Phi) is 7.01. The Morgan fingerprint density at radius 2 is 1.75 bits per heavy atom. The van der Waals surface area contributed by atoms with Crippen molar-refractivity contribution in [3.8, 4) is 0 Å². The minimum Gasteiger partial charge on any atom is -0.368 e. The van der Waals surface area contributed by atoms with Crippen molar-refractivity contribution in [2.75, 3.05) is 36.4 Å². The molecule has 2 aromatic heterocycles. The Morgan fingerprint density at radius 1 is 0.944 bits per heavy atom. The first-order valence-corrected chi connectivity index (χ1v) is 12.3. The highest BCUT2D eigenvalue weighted by molar-refractivity contribution is 6.33. The Morgan fingerprint density at radius 3 is 2.53 bits per heavy atom. The van der Waals surface area contributed by atoms with Crippen LogP contribution < -0.4 is 10.2 Å². The minimum atomic E-state index is 0. The van der Waals surface area contributed by atoms with Crippen LogP contribution in [-0.2, 0) is 6.54 Å². The normalized spacial score (nSPS) is 14.2. The first kappa shape index (κ1) is 24.4. The second-order valence-electron chi connectivity index (χ2n) is 9.14. The average Bonchev–Trinajstić information content (AvgIpc) is 3.34. The number of piperazine rings is 1. The van der Waals surface area contributed by atoms with Crippen LogP contribution >= 0.6 is 24.0 Å². The molecule has 1 aliphatic rings. The zero-order valence-electron chi connectivity index (χ0n) is 20.0. The molecule has 0 radical (unpaired) electrons. The lowest BCUT2D eigenvalue weighted by Crippen LogP contribution is -2.46. The van der Waals surface area contributed by atoms with Gasteiger partial charge in [-0.3, -0.25) is 4.90 Å². The minimum absolute atomic E-state index is 0. The maximum atomic E-state index is 6.80. The molecule has 1 fully saturated rings. The van der Waals surface area contributed by atoms with E-state index < -0.39 is 0 Å². The van der Waals surface area contributed by atoms with Crippen LogP contribution in [0.15, 0.2) is 73.1 Å². The van der Waals surface area contributed by atoms with Crippen LogP contribution in [0.2, 0.25) is 5.02 Å². The van der Waals surface area contributed by atoms with Crippen molar-refractivity contribution in [2.24, 2.45) is 0 Å². The van der Waals surface area contributed by atoms with Gasteiger partial charge >= 0.3 is 0 Å². The number of fused-ring (bicyclic) bond motifs is 3. The molecule has 0 amide bonds. The quantitative estimate of drug-likeness (QED) is 0.275. The predicted molar refractivity (Wildman–Crippen MR) is 152 cm³/mol. The zero-order chi connectivity index (χ0) is 23.8. The summed E-state index contributed by atoms with van der Waals surface area (Å²) in [6.45, 7) is 7.02. The third kappa shape index (κ3) is 4.85. The van der Waals surface area contributed by atoms with Crippen LogP contribution in [0, 0.1) is 6.92 Å². The monoisotopic (exact) mass is 518 g/mol. The Balaban J connectivity index is 0.00000267. The lowest BCUT2D eigenvalue weighted by Gasteiger charge is -2.36. The summed E-state index contributed by atoms with van der Waals surface area (Å²) in [5.41, 5.74) is 8.25. The molecule has 5 aromatic rings. The molecule has 3 aromatic carbocycles. The molecular formula is C28H28Cl2N6. The van der Waals surface area contributed by atoms with Gasteiger partial charge in [0.25, 0.3) is 0 Å². The summed E-state index contributed by atoms with van der Waals surface area (Å²) >= 11 is 6.80. The molecule has 2 N–H and O–H groups in total. The number of aryl methyl sites for hydroxylation is 1. The number of rotatable bonds is 5. The van der Waals surface area contributed by atoms with Crippen LogP contribution in [0.25, 0.3) is 21.9 Å². The number of H-pyrrole nitrogens is 1. The summed E-state index contributed by atoms with van der Waals surface area (Å²) in [6.07, 6.45) is 1.61. The van der Waals surface area contributed by atoms with Crippen LogP contribution in [0.3, 0.4) is 0 Å². The van der Waals surface area contributed by atoms with Gasteiger partial charge in [0.1, 0.15) is 11.8 Å². The summed E-state index contributed by atoms with van der Waals surface area (Å²) in [5, 5.41) is 5.36. The molecule has 8 heteroatoms. The Hall–Kier alpha value is -3.32. The molecule has 1 saturated heterocycles. The molecular weight excluding hydrogens is 491 g/mol. The van der Waals surface area contributed by atoms with Crippen LogP contribution in [0.5, 0.6) is 0 Å². The van der Waals surface area contributed by atoms with Gasteiger partial charge in [0.2, 0.25) is 0 Å². The number of aromatic nitrogens is 3. The molecule has 0 aliphatic carbocycles. The number of anilines is 3. The maximum absolute atomic E-state index is 6.80. The molecule has 0 atom stereocenters. The van der Waals surface area contributed by atoms with E-state index >= 15 is 0 Å². The van der Waals surface area contributed by atoms with Gasteiger partial charge in [-0.05, 0) is 48.9 Å². The number of hydrogen-bond acceptors (Lipinski definition) is 5. The third-order valence-corrected chi connectivity index (χ3v) is 6.99. The summed E-state index contributed by atoms with van der Waals surface area (Å²) in [6, 6.07) is 23.1. The second-order valence-corrected chi connectivity index (χ2v) is 9.54. The van der Waals surface area contributed by atoms with E-state index in [0.717, 1.165) is 82.4 Å². The topological polar surface area (TPSA) is 60.1 Å². The van der Waals surface area contributed by atoms with E-state index in [2.05, 4.69) is 91.6 Å². The molecule has 0 bridgehead atoms. The highest BCUT2D eigenvalue weighted by Crippen LogP contribution is 2.34. The lowest BCUT2D eigenvalue weighted by molar-refractivity contribution is 0.250. The molecule has 0 saturated carbocycles. The van der Waals surface area contributed by atoms with Gasteiger partial charge < -0.3 is 15.2 Å². The predicted octanol–water partition coefficient (Wildman–Crippen LogP) is 6.56. The van der Waals surface area contributed by atoms with Crippen molar-refractivity contribution >= 4 is 63.0 Å². The molecule has 3 heterocycles. The van der Waals surface area contributed by atoms with E-state index in [-0.39, 0.29) is 12.4 Å². The van der Waals surface area contributed by atoms with Gasteiger partial charge in [-0.1, -0.05) is 41.9 Å². The highest BCUT2D eigenvalue weighted by atomic mass is 35.5. The highest BCUT2D eigenvalue weighted by Gasteiger charge is 2.19. The van der Waals surface area contributed by atoms with Crippen molar-refractivity contribution < 1.29 is 0 Å². The number of pyridine rings is 1. The van der Waals surface area contributed by atoms with Crippen molar-refractivity contribution in [1.29, 1.82) is 0 Å². The Labute approximate surface area is 221 Å². The fraction of sp³-hybridized carbons (Fsp3) is 0.214. The van der Waals surface area contributed by atoms with Gasteiger partial charge in [-0.25, -0.2) is 9.97 Å². The number of benzene rings is 3. The van der Waals surface area contributed by atoms with Crippen molar-refractivity contribution in [2.45, 2.75) is 13.5 Å². The van der Waals surface area contributed by atoms with E-state index in [0.29, 0.717) is 0 Å². The maximum Gasteiger partial charge on any atom is 0.116 e. The smallest absolute Gasteiger partial charge is 0.116 e. The molecule has 184 valence electrons. The van der Waals surface area contributed by atoms with Crippen molar-refractivity contribution in [3.63, 3.8) is 0 Å². The van der Waals surface area contributed by atoms with Crippen molar-refractivity contribution in [1.82, 2.24) is 19.9 Å². The van der Waals surface area contributed by atoms with Crippen LogP contribution in [0.4, 0.5) is 17.1 Å². The number of nitrogens with one attached hydrogen (secondary N) is 2. The van der Waals surface area contributed by atoms with E-state index in [1.54, 1.807) is 6.33 Å². The summed E-state index contributed by atoms with van der Waals surface area (Å²) in [5.74, 6) is 0.